The van der Waals surface area contributed by atoms with E-state index in [9.17, 15) is 0 Å². The largest absolute Gasteiger partial charge is 0.475 e. The fourth-order valence-corrected chi connectivity index (χ4v) is 3.27. The van der Waals surface area contributed by atoms with Crippen molar-refractivity contribution in [3.05, 3.63) is 65.2 Å². The topological polar surface area (TPSA) is 37.2 Å². The number of anilines is 1. The lowest BCUT2D eigenvalue weighted by atomic mass is 9.99. The monoisotopic (exact) mass is 333 g/mol. The second-order valence-electron chi connectivity index (χ2n) is 7.26. The van der Waals surface area contributed by atoms with Crippen LogP contribution in [0.25, 0.3) is 0 Å². The van der Waals surface area contributed by atoms with Crippen molar-refractivity contribution in [2.24, 2.45) is 9.98 Å². The molecule has 0 aliphatic carbocycles. The fourth-order valence-electron chi connectivity index (χ4n) is 3.27. The average molecular weight is 333 g/mol. The molecule has 0 fully saturated rings. The van der Waals surface area contributed by atoms with E-state index in [0.717, 1.165) is 35.8 Å². The molecule has 4 heteroatoms. The van der Waals surface area contributed by atoms with Crippen LogP contribution in [0, 0.1) is 0 Å². The van der Waals surface area contributed by atoms with E-state index < -0.39 is 0 Å². The SMILES string of the molecule is CN1CCN=C(c2ccc(C3=NC(C)(C)CO3)cc2)c2ccccc21. The molecule has 4 rings (SSSR count). The number of benzodiazepines with no additional fused rings is 1. The highest BCUT2D eigenvalue weighted by Gasteiger charge is 2.27. The predicted octanol–water partition coefficient (Wildman–Crippen LogP) is 3.53. The van der Waals surface area contributed by atoms with E-state index in [2.05, 4.69) is 79.3 Å². The van der Waals surface area contributed by atoms with Gasteiger partial charge in [0, 0.05) is 36.0 Å². The lowest BCUT2D eigenvalue weighted by molar-refractivity contribution is 0.279. The van der Waals surface area contributed by atoms with Crippen molar-refractivity contribution < 1.29 is 4.74 Å². The van der Waals surface area contributed by atoms with Crippen LogP contribution in [0.5, 0.6) is 0 Å². The van der Waals surface area contributed by atoms with Crippen LogP contribution in [0.15, 0.2) is 58.5 Å². The van der Waals surface area contributed by atoms with Gasteiger partial charge in [-0.25, -0.2) is 4.99 Å². The van der Waals surface area contributed by atoms with Crippen LogP contribution in [0.2, 0.25) is 0 Å². The van der Waals surface area contributed by atoms with Crippen molar-refractivity contribution in [2.75, 3.05) is 31.6 Å². The van der Waals surface area contributed by atoms with Crippen molar-refractivity contribution in [1.82, 2.24) is 0 Å². The molecule has 2 aliphatic heterocycles. The number of fused-ring (bicyclic) bond motifs is 1. The molecule has 2 aromatic carbocycles. The second-order valence-corrected chi connectivity index (χ2v) is 7.26. The van der Waals surface area contributed by atoms with Crippen LogP contribution >= 0.6 is 0 Å². The van der Waals surface area contributed by atoms with Gasteiger partial charge in [-0.15, -0.1) is 0 Å². The molecule has 4 nitrogen and oxygen atoms in total. The summed E-state index contributed by atoms with van der Waals surface area (Å²) in [6.45, 7) is 6.53. The molecule has 0 amide bonds. The molecule has 0 bridgehead atoms. The third-order valence-electron chi connectivity index (χ3n) is 4.65. The highest BCUT2D eigenvalue weighted by molar-refractivity contribution is 6.16. The minimum atomic E-state index is -0.136. The molecule has 0 unspecified atom stereocenters. The molecule has 2 aromatic rings. The minimum absolute atomic E-state index is 0.136. The Morgan fingerprint density at radius 3 is 2.44 bits per heavy atom. The number of ether oxygens (including phenoxy) is 1. The molecule has 128 valence electrons. The summed E-state index contributed by atoms with van der Waals surface area (Å²) < 4.78 is 5.74. The summed E-state index contributed by atoms with van der Waals surface area (Å²) in [5.41, 5.74) is 5.49. The number of para-hydroxylation sites is 1. The number of benzene rings is 2. The van der Waals surface area contributed by atoms with E-state index in [1.54, 1.807) is 0 Å². The molecule has 2 heterocycles. The van der Waals surface area contributed by atoms with Gasteiger partial charge in [-0.2, -0.15) is 0 Å². The Morgan fingerprint density at radius 2 is 1.72 bits per heavy atom. The summed E-state index contributed by atoms with van der Waals surface area (Å²) in [5, 5.41) is 0. The van der Waals surface area contributed by atoms with E-state index in [1.807, 2.05) is 0 Å². The second kappa shape index (κ2) is 6.03. The molecule has 0 saturated carbocycles. The van der Waals surface area contributed by atoms with Gasteiger partial charge >= 0.3 is 0 Å². The molecular weight excluding hydrogens is 310 g/mol. The Kier molecular flexibility index (Phi) is 3.83. The number of likely N-dealkylation sites (N-methyl/N-ethyl adjacent to an activating group) is 1. The first-order chi connectivity index (χ1) is 12.0. The van der Waals surface area contributed by atoms with Crippen LogP contribution in [-0.2, 0) is 4.74 Å². The molecule has 0 spiro atoms. The van der Waals surface area contributed by atoms with Gasteiger partial charge in [-0.05, 0) is 32.0 Å². The van der Waals surface area contributed by atoms with Gasteiger partial charge in [-0.3, -0.25) is 4.99 Å². The van der Waals surface area contributed by atoms with E-state index in [1.165, 1.54) is 11.3 Å². The summed E-state index contributed by atoms with van der Waals surface area (Å²) in [5.74, 6) is 0.736. The van der Waals surface area contributed by atoms with Gasteiger partial charge in [0.15, 0.2) is 0 Å². The third-order valence-corrected chi connectivity index (χ3v) is 4.65. The Labute approximate surface area is 148 Å². The van der Waals surface area contributed by atoms with Crippen molar-refractivity contribution in [1.29, 1.82) is 0 Å². The third kappa shape index (κ3) is 3.04. The van der Waals surface area contributed by atoms with Gasteiger partial charge in [-0.1, -0.05) is 30.3 Å². The standard InChI is InChI=1S/C21H23N3O/c1-21(2)14-25-20(23-21)16-10-8-15(9-11-16)19-17-6-4-5-7-18(17)24(3)13-12-22-19/h4-11H,12-14H2,1-3H3. The molecular formula is C21H23N3O. The molecule has 0 N–H and O–H groups in total. The van der Waals surface area contributed by atoms with Crippen LogP contribution in [0.1, 0.15) is 30.5 Å². The number of aliphatic imine (C=N–C) groups is 2. The average Bonchev–Trinajstić information content (AvgIpc) is 2.89. The zero-order valence-electron chi connectivity index (χ0n) is 15.0. The van der Waals surface area contributed by atoms with Gasteiger partial charge in [0.1, 0.15) is 6.61 Å². The normalized spacial score (nSPS) is 18.8. The summed E-state index contributed by atoms with van der Waals surface area (Å²) in [6.07, 6.45) is 0. The van der Waals surface area contributed by atoms with E-state index in [4.69, 9.17) is 9.73 Å². The van der Waals surface area contributed by atoms with Gasteiger partial charge in [0.2, 0.25) is 5.90 Å². The van der Waals surface area contributed by atoms with Gasteiger partial charge in [0.05, 0.1) is 17.8 Å². The Hall–Kier alpha value is -2.62. The highest BCUT2D eigenvalue weighted by Crippen LogP contribution is 2.26. The highest BCUT2D eigenvalue weighted by atomic mass is 16.5. The smallest absolute Gasteiger partial charge is 0.216 e. The molecule has 2 aliphatic rings. The lowest BCUT2D eigenvalue weighted by Gasteiger charge is -2.19. The first-order valence-electron chi connectivity index (χ1n) is 8.72. The van der Waals surface area contributed by atoms with E-state index in [0.29, 0.717) is 6.61 Å². The Bertz CT molecular complexity index is 850. The molecule has 0 atom stereocenters. The first kappa shape index (κ1) is 15.9. The number of nitrogens with zero attached hydrogens (tertiary/aromatic N) is 3. The zero-order chi connectivity index (χ0) is 17.4. The van der Waals surface area contributed by atoms with Crippen molar-refractivity contribution in [3.8, 4) is 0 Å². The number of rotatable bonds is 2. The van der Waals surface area contributed by atoms with Crippen molar-refractivity contribution >= 4 is 17.3 Å². The minimum Gasteiger partial charge on any atom is -0.475 e. The molecule has 0 radical (unpaired) electrons. The maximum absolute atomic E-state index is 5.74. The van der Waals surface area contributed by atoms with E-state index in [-0.39, 0.29) is 5.54 Å². The van der Waals surface area contributed by atoms with Gasteiger partial charge < -0.3 is 9.64 Å². The fraction of sp³-hybridized carbons (Fsp3) is 0.333. The summed E-state index contributed by atoms with van der Waals surface area (Å²) >= 11 is 0. The maximum Gasteiger partial charge on any atom is 0.216 e. The van der Waals surface area contributed by atoms with Crippen LogP contribution in [0.3, 0.4) is 0 Å². The van der Waals surface area contributed by atoms with Crippen LogP contribution in [-0.4, -0.2) is 43.9 Å². The predicted molar refractivity (Wildman–Crippen MR) is 103 cm³/mol. The maximum atomic E-state index is 5.74. The van der Waals surface area contributed by atoms with Gasteiger partial charge in [0.25, 0.3) is 0 Å². The number of hydrogen-bond acceptors (Lipinski definition) is 4. The molecule has 0 saturated heterocycles. The Morgan fingerprint density at radius 1 is 1.00 bits per heavy atom. The van der Waals surface area contributed by atoms with Crippen LogP contribution in [0.4, 0.5) is 5.69 Å². The first-order valence-corrected chi connectivity index (χ1v) is 8.72. The van der Waals surface area contributed by atoms with Crippen LogP contribution < -0.4 is 4.90 Å². The van der Waals surface area contributed by atoms with Crippen molar-refractivity contribution in [2.45, 2.75) is 19.4 Å². The van der Waals surface area contributed by atoms with Crippen molar-refractivity contribution in [3.63, 3.8) is 0 Å². The molecule has 0 aromatic heterocycles. The zero-order valence-corrected chi connectivity index (χ0v) is 15.0. The summed E-state index contributed by atoms with van der Waals surface area (Å²) in [4.78, 5) is 11.8. The summed E-state index contributed by atoms with van der Waals surface area (Å²) in [6, 6.07) is 16.9. The molecule has 25 heavy (non-hydrogen) atoms. The Balaban J connectivity index is 1.69. The summed E-state index contributed by atoms with van der Waals surface area (Å²) in [7, 11) is 2.12. The van der Waals surface area contributed by atoms with E-state index >= 15 is 0 Å². The number of hydrogen-bond donors (Lipinski definition) is 0. The lowest BCUT2D eigenvalue weighted by Crippen LogP contribution is -2.20. The quantitative estimate of drug-likeness (QED) is 0.843.